The minimum Gasteiger partial charge on any atom is -0.387 e. The highest BCUT2D eigenvalue weighted by Crippen LogP contribution is 2.30. The van der Waals surface area contributed by atoms with Crippen LogP contribution >= 0.6 is 0 Å². The van der Waals surface area contributed by atoms with Crippen molar-refractivity contribution in [2.75, 3.05) is 44.6 Å². The van der Waals surface area contributed by atoms with Crippen molar-refractivity contribution in [3.05, 3.63) is 28.7 Å². The number of H-pyrrole nitrogens is 2. The van der Waals surface area contributed by atoms with E-state index in [0.717, 1.165) is 0 Å². The second kappa shape index (κ2) is 7.51. The van der Waals surface area contributed by atoms with Crippen molar-refractivity contribution in [2.45, 2.75) is 30.8 Å². The fourth-order valence-corrected chi connectivity index (χ4v) is 4.17. The van der Waals surface area contributed by atoms with Gasteiger partial charge in [-0.2, -0.15) is 0 Å². The lowest BCUT2D eigenvalue weighted by Gasteiger charge is -2.36. The molecule has 4 N–H and O–H groups in total. The summed E-state index contributed by atoms with van der Waals surface area (Å²) in [5.74, 6) is -2.82. The summed E-state index contributed by atoms with van der Waals surface area (Å²) in [5.41, 5.74) is 0.540. The number of aliphatic hydroxyl groups is 1. The summed E-state index contributed by atoms with van der Waals surface area (Å²) in [6, 6.07) is 5.09. The summed E-state index contributed by atoms with van der Waals surface area (Å²) in [6.07, 6.45) is 0.154. The Morgan fingerprint density at radius 1 is 1.10 bits per heavy atom. The number of hydrogen-bond donors (Lipinski definition) is 4. The van der Waals surface area contributed by atoms with Crippen LogP contribution in [0.15, 0.2) is 23.0 Å². The standard InChI is InChI=1S/C19H25F2N5O3/c20-19(21)4-7-25(8-5-19)11-18(29)3-6-26(12-18)10-16(27)22-13-1-2-14-15(9-13)24-17(28)23-14/h1-2,9,29H,3-8,10-12H2,(H,22,27)(H2,23,24,28)/t18-/m0/s1. The summed E-state index contributed by atoms with van der Waals surface area (Å²) in [5, 5.41) is 13.6. The molecular formula is C19H25F2N5O3. The SMILES string of the molecule is O=C(CN1CC[C@](O)(CN2CCC(F)(F)CC2)C1)Nc1ccc2[nH]c(=O)[nH]c2c1. The van der Waals surface area contributed by atoms with Crippen molar-refractivity contribution in [3.63, 3.8) is 0 Å². The molecular weight excluding hydrogens is 384 g/mol. The minimum atomic E-state index is -2.60. The molecule has 1 amide bonds. The highest BCUT2D eigenvalue weighted by molar-refractivity contribution is 5.94. The first-order valence-corrected chi connectivity index (χ1v) is 9.77. The Labute approximate surface area is 165 Å². The maximum atomic E-state index is 13.3. The average molecular weight is 409 g/mol. The van der Waals surface area contributed by atoms with Crippen LogP contribution < -0.4 is 11.0 Å². The molecule has 2 fully saturated rings. The second-order valence-electron chi connectivity index (χ2n) is 8.20. The van der Waals surface area contributed by atoms with E-state index in [9.17, 15) is 23.5 Å². The fourth-order valence-electron chi connectivity index (χ4n) is 4.17. The number of likely N-dealkylation sites (tertiary alicyclic amines) is 2. The molecule has 1 atom stereocenters. The van der Waals surface area contributed by atoms with E-state index in [-0.39, 0.29) is 44.1 Å². The number of piperidine rings is 1. The number of nitrogens with one attached hydrogen (secondary N) is 3. The number of imidazole rings is 1. The summed E-state index contributed by atoms with van der Waals surface area (Å²) < 4.78 is 26.6. The van der Waals surface area contributed by atoms with E-state index in [2.05, 4.69) is 15.3 Å². The number of amides is 1. The smallest absolute Gasteiger partial charge is 0.323 e. The zero-order valence-corrected chi connectivity index (χ0v) is 16.0. The van der Waals surface area contributed by atoms with Gasteiger partial charge in [-0.15, -0.1) is 0 Å². The monoisotopic (exact) mass is 409 g/mol. The third kappa shape index (κ3) is 4.82. The van der Waals surface area contributed by atoms with Crippen LogP contribution in [0.5, 0.6) is 0 Å². The molecule has 0 radical (unpaired) electrons. The van der Waals surface area contributed by atoms with Crippen molar-refractivity contribution >= 4 is 22.6 Å². The normalized spacial score (nSPS) is 25.5. The molecule has 1 aromatic heterocycles. The lowest BCUT2D eigenvalue weighted by molar-refractivity contribution is -0.117. The third-order valence-corrected chi connectivity index (χ3v) is 5.68. The third-order valence-electron chi connectivity index (χ3n) is 5.68. The number of hydrogen-bond acceptors (Lipinski definition) is 5. The second-order valence-corrected chi connectivity index (χ2v) is 8.20. The lowest BCUT2D eigenvalue weighted by Crippen LogP contribution is -2.49. The first-order valence-electron chi connectivity index (χ1n) is 9.77. The largest absolute Gasteiger partial charge is 0.387 e. The van der Waals surface area contributed by atoms with Gasteiger partial charge in [0.1, 0.15) is 0 Å². The molecule has 2 aromatic rings. The number of aromatic nitrogens is 2. The Kier molecular flexibility index (Phi) is 5.18. The zero-order valence-electron chi connectivity index (χ0n) is 16.0. The molecule has 0 spiro atoms. The Hall–Kier alpha value is -2.30. The van der Waals surface area contributed by atoms with Crippen LogP contribution in [0.4, 0.5) is 14.5 Å². The number of benzene rings is 1. The fraction of sp³-hybridized carbons (Fsp3) is 0.579. The molecule has 29 heavy (non-hydrogen) atoms. The number of carbonyl (C=O) groups excluding carboxylic acids is 1. The van der Waals surface area contributed by atoms with E-state index in [0.29, 0.717) is 42.8 Å². The number of halogens is 2. The zero-order chi connectivity index (χ0) is 20.6. The van der Waals surface area contributed by atoms with Crippen LogP contribution in [0.25, 0.3) is 11.0 Å². The van der Waals surface area contributed by atoms with Crippen molar-refractivity contribution in [2.24, 2.45) is 0 Å². The lowest BCUT2D eigenvalue weighted by atomic mass is 10.00. The molecule has 2 saturated heterocycles. The molecule has 4 rings (SSSR count). The van der Waals surface area contributed by atoms with Crippen molar-refractivity contribution in [3.8, 4) is 0 Å². The topological polar surface area (TPSA) is 104 Å². The molecule has 10 heteroatoms. The van der Waals surface area contributed by atoms with Crippen LogP contribution in [-0.4, -0.2) is 81.6 Å². The maximum Gasteiger partial charge on any atom is 0.323 e. The van der Waals surface area contributed by atoms with Gasteiger partial charge < -0.3 is 20.4 Å². The summed E-state index contributed by atoms with van der Waals surface area (Å²) >= 11 is 0. The van der Waals surface area contributed by atoms with Gasteiger partial charge in [-0.1, -0.05) is 0 Å². The molecule has 158 valence electrons. The van der Waals surface area contributed by atoms with Gasteiger partial charge in [-0.3, -0.25) is 14.6 Å². The van der Waals surface area contributed by atoms with Gasteiger partial charge >= 0.3 is 5.69 Å². The molecule has 0 unspecified atom stereocenters. The molecule has 1 aromatic carbocycles. The predicted octanol–water partition coefficient (Wildman–Crippen LogP) is 0.963. The van der Waals surface area contributed by atoms with Crippen LogP contribution in [-0.2, 0) is 4.79 Å². The van der Waals surface area contributed by atoms with Crippen molar-refractivity contribution in [1.29, 1.82) is 0 Å². The van der Waals surface area contributed by atoms with Crippen molar-refractivity contribution < 1.29 is 18.7 Å². The van der Waals surface area contributed by atoms with E-state index in [4.69, 9.17) is 0 Å². The van der Waals surface area contributed by atoms with Gasteiger partial charge in [0, 0.05) is 51.3 Å². The van der Waals surface area contributed by atoms with E-state index >= 15 is 0 Å². The van der Waals surface area contributed by atoms with Crippen LogP contribution in [0.3, 0.4) is 0 Å². The summed E-state index contributed by atoms with van der Waals surface area (Å²) in [7, 11) is 0. The molecule has 0 bridgehead atoms. The van der Waals surface area contributed by atoms with Gasteiger partial charge in [-0.25, -0.2) is 13.6 Å². The summed E-state index contributed by atoms with van der Waals surface area (Å²) in [6.45, 7) is 1.93. The molecule has 0 aliphatic carbocycles. The van der Waals surface area contributed by atoms with E-state index in [1.807, 2.05) is 9.80 Å². The van der Waals surface area contributed by atoms with Gasteiger partial charge in [0.2, 0.25) is 5.91 Å². The summed E-state index contributed by atoms with van der Waals surface area (Å²) in [4.78, 5) is 32.7. The Morgan fingerprint density at radius 2 is 1.79 bits per heavy atom. The minimum absolute atomic E-state index is 0.127. The highest BCUT2D eigenvalue weighted by atomic mass is 19.3. The van der Waals surface area contributed by atoms with Crippen LogP contribution in [0.2, 0.25) is 0 Å². The van der Waals surface area contributed by atoms with E-state index in [1.54, 1.807) is 18.2 Å². The Balaban J connectivity index is 1.28. The van der Waals surface area contributed by atoms with Gasteiger partial charge in [-0.05, 0) is 24.6 Å². The number of fused-ring (bicyclic) bond motifs is 1. The number of carbonyl (C=O) groups is 1. The van der Waals surface area contributed by atoms with E-state index in [1.165, 1.54) is 0 Å². The number of nitrogens with zero attached hydrogens (tertiary/aromatic N) is 2. The number of rotatable bonds is 5. The Morgan fingerprint density at radius 3 is 2.55 bits per heavy atom. The van der Waals surface area contributed by atoms with Crippen LogP contribution in [0, 0.1) is 0 Å². The average Bonchev–Trinajstić information content (AvgIpc) is 3.18. The number of anilines is 1. The molecule has 2 aliphatic rings. The van der Waals surface area contributed by atoms with Gasteiger partial charge in [0.05, 0.1) is 23.2 Å². The number of alkyl halides is 2. The Bertz CT molecular complexity index is 949. The molecule has 0 saturated carbocycles. The number of β-amino-alcohol motifs (C(OH)–C–C–N with tert-alkyl or cyclic N) is 1. The van der Waals surface area contributed by atoms with Crippen molar-refractivity contribution in [1.82, 2.24) is 19.8 Å². The van der Waals surface area contributed by atoms with Crippen LogP contribution in [0.1, 0.15) is 19.3 Å². The highest BCUT2D eigenvalue weighted by Gasteiger charge is 2.41. The van der Waals surface area contributed by atoms with Gasteiger partial charge in [0.25, 0.3) is 5.92 Å². The first-order chi connectivity index (χ1) is 13.7. The number of aromatic amines is 2. The molecule has 3 heterocycles. The predicted molar refractivity (Wildman–Crippen MR) is 104 cm³/mol. The molecule has 8 nitrogen and oxygen atoms in total. The molecule has 2 aliphatic heterocycles. The quantitative estimate of drug-likeness (QED) is 0.589. The van der Waals surface area contributed by atoms with Gasteiger partial charge in [0.15, 0.2) is 0 Å². The maximum absolute atomic E-state index is 13.3. The van der Waals surface area contributed by atoms with E-state index < -0.39 is 11.5 Å². The first kappa shape index (κ1) is 20.0.